The first-order valence-corrected chi connectivity index (χ1v) is 8.30. The van der Waals surface area contributed by atoms with Gasteiger partial charge in [-0.15, -0.1) is 0 Å². The van der Waals surface area contributed by atoms with Gasteiger partial charge in [-0.3, -0.25) is 4.55 Å². The van der Waals surface area contributed by atoms with Crippen LogP contribution in [0.2, 0.25) is 0 Å². The highest BCUT2D eigenvalue weighted by Gasteiger charge is 2.15. The number of hydrogen-bond acceptors (Lipinski definition) is 5. The summed E-state index contributed by atoms with van der Waals surface area (Å²) in [5, 5.41) is 11.2. The van der Waals surface area contributed by atoms with Gasteiger partial charge >= 0.3 is 6.09 Å². The van der Waals surface area contributed by atoms with Gasteiger partial charge in [0.25, 0.3) is 10.1 Å². The van der Waals surface area contributed by atoms with Crippen LogP contribution in [-0.2, 0) is 14.9 Å². The van der Waals surface area contributed by atoms with Crippen LogP contribution in [0.3, 0.4) is 0 Å². The van der Waals surface area contributed by atoms with Crippen molar-refractivity contribution < 1.29 is 27.6 Å². The number of aliphatic hydroxyl groups is 1. The van der Waals surface area contributed by atoms with Crippen molar-refractivity contribution >= 4 is 16.2 Å². The van der Waals surface area contributed by atoms with E-state index in [1.165, 1.54) is 0 Å². The average Bonchev–Trinajstić information content (AvgIpc) is 2.18. The summed E-state index contributed by atoms with van der Waals surface area (Å²) in [4.78, 5) is 11.2. The van der Waals surface area contributed by atoms with E-state index in [1.54, 1.807) is 0 Å². The fourth-order valence-electron chi connectivity index (χ4n) is 1.09. The van der Waals surface area contributed by atoms with E-state index in [4.69, 9.17) is 14.4 Å². The van der Waals surface area contributed by atoms with Crippen molar-refractivity contribution in [3.05, 3.63) is 0 Å². The van der Waals surface area contributed by atoms with E-state index < -0.39 is 15.7 Å². The van der Waals surface area contributed by atoms with Gasteiger partial charge in [-0.25, -0.2) is 4.79 Å². The molecule has 0 heterocycles. The lowest BCUT2D eigenvalue weighted by atomic mass is 10.2. The second kappa shape index (κ2) is 10.9. The smallest absolute Gasteiger partial charge is 0.407 e. The number of nitrogens with one attached hydrogen (secondary N) is 1. The third-order valence-electron chi connectivity index (χ3n) is 1.75. The molecule has 0 aromatic rings. The third kappa shape index (κ3) is 30.3. The number of hydrogen-bond donors (Lipinski definition) is 3. The molecule has 0 saturated carbocycles. The first-order valence-electron chi connectivity index (χ1n) is 6.46. The molecule has 0 aliphatic heterocycles. The number of rotatable bonds is 6. The minimum Gasteiger partial charge on any atom is -0.444 e. The van der Waals surface area contributed by atoms with Crippen molar-refractivity contribution in [2.24, 2.45) is 0 Å². The second-order valence-electron chi connectivity index (χ2n) is 5.30. The molecule has 0 aromatic heterocycles. The lowest BCUT2D eigenvalue weighted by Crippen LogP contribution is -2.32. The van der Waals surface area contributed by atoms with Crippen molar-refractivity contribution in [3.8, 4) is 0 Å². The maximum absolute atomic E-state index is 11.2. The predicted molar refractivity (Wildman–Crippen MR) is 77.3 cm³/mol. The molecule has 1 amide bonds. The monoisotopic (exact) mass is 313 g/mol. The topological polar surface area (TPSA) is 113 Å². The van der Waals surface area contributed by atoms with Gasteiger partial charge in [0, 0.05) is 13.2 Å². The van der Waals surface area contributed by atoms with E-state index in [1.807, 2.05) is 20.8 Å². The summed E-state index contributed by atoms with van der Waals surface area (Å²) in [7, 11) is -3.67. The first kappa shape index (κ1) is 21.4. The molecule has 0 saturated heterocycles. The summed E-state index contributed by atoms with van der Waals surface area (Å²) in [6.07, 6.45) is 4.16. The summed E-state index contributed by atoms with van der Waals surface area (Å²) in [5.74, 6) is 0. The Morgan fingerprint density at radius 2 is 1.60 bits per heavy atom. The molecule has 0 aliphatic carbocycles. The Morgan fingerprint density at radius 3 is 2.00 bits per heavy atom. The highest BCUT2D eigenvalue weighted by Crippen LogP contribution is 2.06. The van der Waals surface area contributed by atoms with Crippen LogP contribution in [0, 0.1) is 0 Å². The van der Waals surface area contributed by atoms with Crippen LogP contribution in [0.1, 0.15) is 46.5 Å². The van der Waals surface area contributed by atoms with Crippen LogP contribution in [0.15, 0.2) is 0 Å². The second-order valence-corrected chi connectivity index (χ2v) is 6.77. The number of ether oxygens (including phenoxy) is 1. The molecule has 0 spiro atoms. The van der Waals surface area contributed by atoms with E-state index in [-0.39, 0.29) is 12.7 Å². The molecule has 0 unspecified atom stereocenters. The highest BCUT2D eigenvalue weighted by atomic mass is 32.2. The van der Waals surface area contributed by atoms with Crippen LogP contribution in [0.25, 0.3) is 0 Å². The first-order chi connectivity index (χ1) is 8.95. The fourth-order valence-corrected chi connectivity index (χ4v) is 1.09. The molecule has 0 aromatic carbocycles. The normalized spacial score (nSPS) is 11.3. The molecule has 20 heavy (non-hydrogen) atoms. The number of carbonyl (C=O) groups is 1. The van der Waals surface area contributed by atoms with Crippen molar-refractivity contribution in [1.29, 1.82) is 0 Å². The van der Waals surface area contributed by atoms with Gasteiger partial charge in [-0.05, 0) is 33.6 Å². The van der Waals surface area contributed by atoms with Gasteiger partial charge in [0.1, 0.15) is 5.60 Å². The van der Waals surface area contributed by atoms with E-state index in [2.05, 4.69) is 5.32 Å². The molecule has 8 heteroatoms. The van der Waals surface area contributed by atoms with E-state index in [0.717, 1.165) is 25.7 Å². The molecular weight excluding hydrogens is 286 g/mol. The number of carbonyl (C=O) groups excluding carboxylic acids is 1. The van der Waals surface area contributed by atoms with Crippen LogP contribution in [-0.4, -0.2) is 49.2 Å². The van der Waals surface area contributed by atoms with E-state index >= 15 is 0 Å². The van der Waals surface area contributed by atoms with Crippen LogP contribution < -0.4 is 5.32 Å². The average molecular weight is 313 g/mol. The highest BCUT2D eigenvalue weighted by molar-refractivity contribution is 7.85. The Labute approximate surface area is 121 Å². The Morgan fingerprint density at radius 1 is 1.15 bits per heavy atom. The minimum atomic E-state index is -3.67. The zero-order valence-electron chi connectivity index (χ0n) is 12.7. The zero-order valence-corrected chi connectivity index (χ0v) is 13.5. The minimum absolute atomic E-state index is 0.249. The van der Waals surface area contributed by atoms with Gasteiger partial charge in [0.2, 0.25) is 0 Å². The number of alkyl carbamates (subject to hydrolysis) is 1. The number of aliphatic hydroxyl groups excluding tert-OH is 1. The van der Waals surface area contributed by atoms with Crippen LogP contribution in [0.5, 0.6) is 0 Å². The van der Waals surface area contributed by atoms with Gasteiger partial charge in [-0.1, -0.05) is 12.8 Å². The number of unbranched alkanes of at least 4 members (excludes halogenated alkanes) is 3. The van der Waals surface area contributed by atoms with Crippen molar-refractivity contribution in [1.82, 2.24) is 5.32 Å². The summed E-state index contributed by atoms with van der Waals surface area (Å²) < 4.78 is 30.9. The Hall–Kier alpha value is -0.860. The lowest BCUT2D eigenvalue weighted by molar-refractivity contribution is 0.0527. The Balaban J connectivity index is 0. The largest absolute Gasteiger partial charge is 0.444 e. The SMILES string of the molecule is CC(C)(C)OC(=O)NCCCCCCO.CS(=O)(=O)O. The molecule has 0 bridgehead atoms. The van der Waals surface area contributed by atoms with Crippen molar-refractivity contribution in [2.45, 2.75) is 52.1 Å². The molecule has 3 N–H and O–H groups in total. The third-order valence-corrected chi connectivity index (χ3v) is 1.75. The van der Waals surface area contributed by atoms with Crippen LogP contribution in [0.4, 0.5) is 4.79 Å². The Kier molecular flexibility index (Phi) is 11.7. The van der Waals surface area contributed by atoms with Gasteiger partial charge in [-0.2, -0.15) is 8.42 Å². The standard InChI is InChI=1S/C11H23NO3.CH4O3S/c1-11(2,3)15-10(14)12-8-6-4-5-7-9-13;1-5(2,3)4/h13H,4-9H2,1-3H3,(H,12,14);1H3,(H,2,3,4). The number of amides is 1. The lowest BCUT2D eigenvalue weighted by Gasteiger charge is -2.19. The van der Waals surface area contributed by atoms with Crippen LogP contribution >= 0.6 is 0 Å². The molecular formula is C12H27NO6S. The van der Waals surface area contributed by atoms with Gasteiger partial charge in [0.15, 0.2) is 0 Å². The summed E-state index contributed by atoms with van der Waals surface area (Å²) in [6, 6.07) is 0. The molecule has 0 rings (SSSR count). The molecule has 0 aliphatic rings. The van der Waals surface area contributed by atoms with Crippen molar-refractivity contribution in [3.63, 3.8) is 0 Å². The molecule has 0 radical (unpaired) electrons. The molecule has 122 valence electrons. The Bertz CT molecular complexity index is 339. The maximum atomic E-state index is 11.2. The van der Waals surface area contributed by atoms with Gasteiger partial charge in [0.05, 0.1) is 6.26 Å². The summed E-state index contributed by atoms with van der Waals surface area (Å²) in [5.41, 5.74) is -0.430. The summed E-state index contributed by atoms with van der Waals surface area (Å²) in [6.45, 7) is 6.41. The zero-order chi connectivity index (χ0) is 16.2. The maximum Gasteiger partial charge on any atom is 0.407 e. The summed E-state index contributed by atoms with van der Waals surface area (Å²) >= 11 is 0. The molecule has 7 nitrogen and oxygen atoms in total. The quantitative estimate of drug-likeness (QED) is 0.507. The fraction of sp³-hybridized carbons (Fsp3) is 0.917. The van der Waals surface area contributed by atoms with Crippen molar-refractivity contribution in [2.75, 3.05) is 19.4 Å². The van der Waals surface area contributed by atoms with Gasteiger partial charge < -0.3 is 15.2 Å². The van der Waals surface area contributed by atoms with E-state index in [9.17, 15) is 13.2 Å². The molecule has 0 fully saturated rings. The molecule has 0 atom stereocenters. The van der Waals surface area contributed by atoms with E-state index in [0.29, 0.717) is 12.8 Å². The predicted octanol–water partition coefficient (Wildman–Crippen LogP) is 1.57.